The predicted octanol–water partition coefficient (Wildman–Crippen LogP) is 1.47. The Kier molecular flexibility index (Phi) is 7.04. The number of aromatic amines is 1. The fraction of sp³-hybridized carbons (Fsp3) is 0.625. The minimum atomic E-state index is -3.70. The van der Waals surface area contributed by atoms with Crippen molar-refractivity contribution in [3.05, 3.63) is 18.7 Å². The van der Waals surface area contributed by atoms with Gasteiger partial charge in [0.1, 0.15) is 0 Å². The first kappa shape index (κ1) is 13.1. The lowest BCUT2D eigenvalue weighted by Crippen LogP contribution is -2.02. The van der Waals surface area contributed by atoms with Crippen molar-refractivity contribution in [2.75, 3.05) is 5.75 Å². The van der Waals surface area contributed by atoms with E-state index in [1.54, 1.807) is 18.7 Å². The summed E-state index contributed by atoms with van der Waals surface area (Å²) in [5, 5.41) is 0. The second-order valence-electron chi connectivity index (χ2n) is 2.75. The Morgan fingerprint density at radius 3 is 2.43 bits per heavy atom. The second kappa shape index (κ2) is 7.52. The maximum Gasteiger partial charge on any atom is 0.264 e. The van der Waals surface area contributed by atoms with Crippen LogP contribution in [-0.2, 0) is 10.1 Å². The van der Waals surface area contributed by atoms with Crippen LogP contribution < -0.4 is 0 Å². The zero-order chi connectivity index (χ0) is 10.9. The van der Waals surface area contributed by atoms with Gasteiger partial charge < -0.3 is 4.98 Å². The fourth-order valence-electron chi connectivity index (χ4n) is 0.750. The molecule has 14 heavy (non-hydrogen) atoms. The zero-order valence-corrected chi connectivity index (χ0v) is 9.00. The first-order chi connectivity index (χ1) is 6.56. The molecule has 1 aromatic rings. The van der Waals surface area contributed by atoms with Crippen molar-refractivity contribution >= 4 is 10.1 Å². The lowest BCUT2D eigenvalue weighted by Gasteiger charge is -1.92. The monoisotopic (exact) mass is 220 g/mol. The molecular formula is C8H16N2O3S. The van der Waals surface area contributed by atoms with Crippen molar-refractivity contribution in [1.82, 2.24) is 9.97 Å². The molecule has 0 aliphatic rings. The number of hydrogen-bond acceptors (Lipinski definition) is 3. The van der Waals surface area contributed by atoms with Crippen molar-refractivity contribution in [2.45, 2.75) is 26.2 Å². The normalized spacial score (nSPS) is 10.4. The lowest BCUT2D eigenvalue weighted by atomic mass is 10.3. The molecule has 6 heteroatoms. The van der Waals surface area contributed by atoms with E-state index in [2.05, 4.69) is 9.97 Å². The molecule has 0 aromatic carbocycles. The van der Waals surface area contributed by atoms with E-state index in [-0.39, 0.29) is 5.75 Å². The van der Waals surface area contributed by atoms with Gasteiger partial charge in [0, 0.05) is 12.4 Å². The Labute approximate surface area is 84.3 Å². The molecule has 0 radical (unpaired) electrons. The van der Waals surface area contributed by atoms with Gasteiger partial charge in [-0.15, -0.1) is 0 Å². The van der Waals surface area contributed by atoms with Crippen molar-refractivity contribution in [2.24, 2.45) is 0 Å². The molecule has 0 bridgehead atoms. The van der Waals surface area contributed by atoms with Gasteiger partial charge >= 0.3 is 0 Å². The van der Waals surface area contributed by atoms with E-state index in [1.165, 1.54) is 0 Å². The molecule has 82 valence electrons. The minimum absolute atomic E-state index is 0.0964. The van der Waals surface area contributed by atoms with Crippen LogP contribution in [0.25, 0.3) is 0 Å². The van der Waals surface area contributed by atoms with Crippen LogP contribution in [0.4, 0.5) is 0 Å². The number of imidazole rings is 1. The third-order valence-electron chi connectivity index (χ3n) is 1.41. The largest absolute Gasteiger partial charge is 0.351 e. The second-order valence-corrected chi connectivity index (χ2v) is 4.33. The van der Waals surface area contributed by atoms with Crippen molar-refractivity contribution in [1.29, 1.82) is 0 Å². The van der Waals surface area contributed by atoms with E-state index in [0.717, 1.165) is 12.8 Å². The van der Waals surface area contributed by atoms with Crippen molar-refractivity contribution < 1.29 is 13.0 Å². The Hall–Kier alpha value is -0.880. The third kappa shape index (κ3) is 11.1. The van der Waals surface area contributed by atoms with Crippen LogP contribution >= 0.6 is 0 Å². The Bertz CT molecular complexity index is 277. The van der Waals surface area contributed by atoms with E-state index >= 15 is 0 Å². The van der Waals surface area contributed by atoms with Gasteiger partial charge in [0.15, 0.2) is 0 Å². The van der Waals surface area contributed by atoms with Crippen LogP contribution in [0.5, 0.6) is 0 Å². The molecule has 2 N–H and O–H groups in total. The summed E-state index contributed by atoms with van der Waals surface area (Å²) in [7, 11) is -3.70. The molecule has 1 heterocycles. The number of hydrogen-bond donors (Lipinski definition) is 2. The quantitative estimate of drug-likeness (QED) is 0.594. The average molecular weight is 220 g/mol. The molecular weight excluding hydrogens is 204 g/mol. The number of nitrogens with one attached hydrogen (secondary N) is 1. The highest BCUT2D eigenvalue weighted by molar-refractivity contribution is 7.85. The first-order valence-corrected chi connectivity index (χ1v) is 6.05. The molecule has 0 amide bonds. The van der Waals surface area contributed by atoms with Gasteiger partial charge in [-0.3, -0.25) is 4.55 Å². The van der Waals surface area contributed by atoms with Crippen LogP contribution in [0.1, 0.15) is 26.2 Å². The summed E-state index contributed by atoms with van der Waals surface area (Å²) in [4.78, 5) is 6.42. The summed E-state index contributed by atoms with van der Waals surface area (Å²) >= 11 is 0. The number of H-pyrrole nitrogens is 1. The first-order valence-electron chi connectivity index (χ1n) is 4.44. The summed E-state index contributed by atoms with van der Waals surface area (Å²) < 4.78 is 28.3. The number of nitrogens with zero attached hydrogens (tertiary/aromatic N) is 1. The fourth-order valence-corrected chi connectivity index (χ4v) is 1.32. The van der Waals surface area contributed by atoms with Gasteiger partial charge in [-0.2, -0.15) is 8.42 Å². The van der Waals surface area contributed by atoms with Crippen LogP contribution in [0, 0.1) is 0 Å². The van der Waals surface area contributed by atoms with Gasteiger partial charge in [0.05, 0.1) is 12.1 Å². The molecule has 1 aromatic heterocycles. The highest BCUT2D eigenvalue weighted by atomic mass is 32.2. The topological polar surface area (TPSA) is 83.0 Å². The van der Waals surface area contributed by atoms with Crippen molar-refractivity contribution in [3.8, 4) is 0 Å². The molecule has 0 saturated carbocycles. The van der Waals surface area contributed by atoms with Crippen LogP contribution in [0.15, 0.2) is 18.7 Å². The maximum atomic E-state index is 10.1. The Morgan fingerprint density at radius 2 is 2.14 bits per heavy atom. The van der Waals surface area contributed by atoms with E-state index in [9.17, 15) is 8.42 Å². The SMILES string of the molecule is CCCCCS(=O)(=O)O.c1c[nH]cn1. The van der Waals surface area contributed by atoms with E-state index < -0.39 is 10.1 Å². The number of unbranched alkanes of at least 4 members (excludes halogenated alkanes) is 2. The van der Waals surface area contributed by atoms with Crippen LogP contribution in [0.2, 0.25) is 0 Å². The van der Waals surface area contributed by atoms with Crippen molar-refractivity contribution in [3.63, 3.8) is 0 Å². The van der Waals surface area contributed by atoms with Gasteiger partial charge in [-0.25, -0.2) is 4.98 Å². The van der Waals surface area contributed by atoms with Gasteiger partial charge in [0.25, 0.3) is 10.1 Å². The zero-order valence-electron chi connectivity index (χ0n) is 8.18. The highest BCUT2D eigenvalue weighted by Gasteiger charge is 2.01. The van der Waals surface area contributed by atoms with E-state index in [0.29, 0.717) is 6.42 Å². The predicted molar refractivity (Wildman–Crippen MR) is 54.5 cm³/mol. The Morgan fingerprint density at radius 1 is 1.43 bits per heavy atom. The van der Waals surface area contributed by atoms with Crippen LogP contribution in [0.3, 0.4) is 0 Å². The summed E-state index contributed by atoms with van der Waals surface area (Å²) in [6.45, 7) is 1.98. The molecule has 0 unspecified atom stereocenters. The van der Waals surface area contributed by atoms with E-state index in [1.807, 2.05) is 6.92 Å². The van der Waals surface area contributed by atoms with Gasteiger partial charge in [-0.1, -0.05) is 19.8 Å². The van der Waals surface area contributed by atoms with E-state index in [4.69, 9.17) is 4.55 Å². The minimum Gasteiger partial charge on any atom is -0.351 e. The smallest absolute Gasteiger partial charge is 0.264 e. The highest BCUT2D eigenvalue weighted by Crippen LogP contribution is 1.96. The summed E-state index contributed by atoms with van der Waals surface area (Å²) in [5.41, 5.74) is 0. The molecule has 1 rings (SSSR count). The number of aromatic nitrogens is 2. The van der Waals surface area contributed by atoms with Crippen LogP contribution in [-0.4, -0.2) is 28.7 Å². The summed E-state index contributed by atoms with van der Waals surface area (Å²) in [6.07, 6.45) is 7.48. The van der Waals surface area contributed by atoms with Gasteiger partial charge in [0.2, 0.25) is 0 Å². The molecule has 5 nitrogen and oxygen atoms in total. The molecule has 0 fully saturated rings. The summed E-state index contributed by atoms with van der Waals surface area (Å²) in [5.74, 6) is -0.0964. The standard InChI is InChI=1S/C5H12O3S.C3H4N2/c1-2-3-4-5-9(6,7)8;1-2-5-3-4-1/h2-5H2,1H3,(H,6,7,8);1-3H,(H,4,5). The molecule has 0 atom stereocenters. The third-order valence-corrected chi connectivity index (χ3v) is 2.22. The molecule has 0 spiro atoms. The molecule has 0 aliphatic carbocycles. The van der Waals surface area contributed by atoms with Gasteiger partial charge in [-0.05, 0) is 6.42 Å². The maximum absolute atomic E-state index is 10.1. The molecule has 0 saturated heterocycles. The lowest BCUT2D eigenvalue weighted by molar-refractivity contribution is 0.480. The average Bonchev–Trinajstić information content (AvgIpc) is 2.59. The Balaban J connectivity index is 0.000000280. The molecule has 0 aliphatic heterocycles. The summed E-state index contributed by atoms with van der Waals surface area (Å²) in [6, 6.07) is 0. The number of rotatable bonds is 4.